The van der Waals surface area contributed by atoms with Crippen LogP contribution < -0.4 is 5.56 Å². The minimum atomic E-state index is -0.0293. The number of nitrogens with zero attached hydrogens (tertiary/aromatic N) is 2. The van der Waals surface area contributed by atoms with E-state index in [9.17, 15) is 10.1 Å². The Hall–Kier alpha value is -3.19. The average Bonchev–Trinajstić information content (AvgIpc) is 3.49. The van der Waals surface area contributed by atoms with Gasteiger partial charge in [-0.25, -0.2) is 4.98 Å². The molecule has 1 aliphatic rings. The number of aryl methyl sites for hydroxylation is 1. The largest absolute Gasteiger partial charge is 0.311 e. The number of nitriles is 1. The highest BCUT2D eigenvalue weighted by Gasteiger charge is 2.29. The predicted molar refractivity (Wildman–Crippen MR) is 101 cm³/mol. The van der Waals surface area contributed by atoms with Gasteiger partial charge in [0.1, 0.15) is 5.82 Å². The van der Waals surface area contributed by atoms with E-state index in [4.69, 9.17) is 0 Å². The number of aromatic nitrogens is 2. The summed E-state index contributed by atoms with van der Waals surface area (Å²) in [6, 6.07) is 17.9. The minimum Gasteiger partial charge on any atom is -0.311 e. The van der Waals surface area contributed by atoms with Crippen LogP contribution in [-0.4, -0.2) is 9.97 Å². The molecule has 0 spiro atoms. The Bertz CT molecular complexity index is 1050. The van der Waals surface area contributed by atoms with Gasteiger partial charge in [-0.15, -0.1) is 0 Å². The molecule has 2 aromatic carbocycles. The quantitative estimate of drug-likeness (QED) is 0.777. The van der Waals surface area contributed by atoms with Crippen LogP contribution in [0.25, 0.3) is 11.1 Å². The molecule has 0 saturated heterocycles. The number of hydrogen-bond acceptors (Lipinski definition) is 3. The molecule has 4 rings (SSSR count). The fraction of sp³-hybridized carbons (Fsp3) is 0.227. The lowest BCUT2D eigenvalue weighted by Gasteiger charge is -2.09. The maximum Gasteiger partial charge on any atom is 0.254 e. The van der Waals surface area contributed by atoms with Crippen molar-refractivity contribution in [3.05, 3.63) is 87.1 Å². The predicted octanol–water partition coefficient (Wildman–Crippen LogP) is 4.09. The molecule has 0 unspecified atom stereocenters. The van der Waals surface area contributed by atoms with Crippen molar-refractivity contribution in [3.8, 4) is 17.2 Å². The lowest BCUT2D eigenvalue weighted by molar-refractivity contribution is 0.875. The number of benzene rings is 2. The standard InChI is InChI=1S/C22H19N3O/c1-14-24-21(17-10-11-17)20(22(26)25-14)12-15-6-8-16(9-7-15)19-5-3-2-4-18(19)13-23/h2-9,17H,10-12H2,1H3,(H,24,25,26). The molecule has 1 heterocycles. The summed E-state index contributed by atoms with van der Waals surface area (Å²) in [5.41, 5.74) is 5.38. The number of H-pyrrole nitrogens is 1. The Labute approximate surface area is 152 Å². The second-order valence-electron chi connectivity index (χ2n) is 6.82. The van der Waals surface area contributed by atoms with Gasteiger partial charge in [0.05, 0.1) is 17.3 Å². The highest BCUT2D eigenvalue weighted by molar-refractivity contribution is 5.70. The van der Waals surface area contributed by atoms with E-state index in [0.717, 1.165) is 40.8 Å². The van der Waals surface area contributed by atoms with Gasteiger partial charge in [-0.2, -0.15) is 5.26 Å². The van der Waals surface area contributed by atoms with Crippen molar-refractivity contribution in [2.24, 2.45) is 0 Å². The summed E-state index contributed by atoms with van der Waals surface area (Å²) < 4.78 is 0. The summed E-state index contributed by atoms with van der Waals surface area (Å²) in [5.74, 6) is 1.12. The van der Waals surface area contributed by atoms with Crippen LogP contribution in [0, 0.1) is 18.3 Å². The number of aromatic amines is 1. The molecule has 0 aliphatic heterocycles. The van der Waals surface area contributed by atoms with Crippen LogP contribution in [0.2, 0.25) is 0 Å². The van der Waals surface area contributed by atoms with Crippen molar-refractivity contribution in [2.45, 2.75) is 32.1 Å². The Morgan fingerprint density at radius 1 is 1.15 bits per heavy atom. The molecule has 1 aliphatic carbocycles. The van der Waals surface area contributed by atoms with Gasteiger partial charge in [0.15, 0.2) is 0 Å². The first kappa shape index (κ1) is 16.3. The van der Waals surface area contributed by atoms with Crippen LogP contribution >= 0.6 is 0 Å². The van der Waals surface area contributed by atoms with Crippen molar-refractivity contribution >= 4 is 0 Å². The molecule has 1 fully saturated rings. The van der Waals surface area contributed by atoms with E-state index in [2.05, 4.69) is 16.0 Å². The highest BCUT2D eigenvalue weighted by Crippen LogP contribution is 2.40. The van der Waals surface area contributed by atoms with Crippen molar-refractivity contribution in [3.63, 3.8) is 0 Å². The molecule has 0 atom stereocenters. The lowest BCUT2D eigenvalue weighted by Crippen LogP contribution is -2.19. The summed E-state index contributed by atoms with van der Waals surface area (Å²) in [4.78, 5) is 19.9. The van der Waals surface area contributed by atoms with Gasteiger partial charge in [-0.05, 0) is 42.5 Å². The number of nitrogens with one attached hydrogen (secondary N) is 1. The van der Waals surface area contributed by atoms with Crippen molar-refractivity contribution in [1.82, 2.24) is 9.97 Å². The summed E-state index contributed by atoms with van der Waals surface area (Å²) in [7, 11) is 0. The fourth-order valence-electron chi connectivity index (χ4n) is 3.34. The van der Waals surface area contributed by atoms with Crippen molar-refractivity contribution < 1.29 is 0 Å². The first-order valence-electron chi connectivity index (χ1n) is 8.84. The minimum absolute atomic E-state index is 0.0293. The van der Waals surface area contributed by atoms with E-state index in [0.29, 0.717) is 23.7 Å². The zero-order valence-electron chi connectivity index (χ0n) is 14.6. The van der Waals surface area contributed by atoms with Crippen LogP contribution in [-0.2, 0) is 6.42 Å². The van der Waals surface area contributed by atoms with Gasteiger partial charge >= 0.3 is 0 Å². The summed E-state index contributed by atoms with van der Waals surface area (Å²) in [6.45, 7) is 1.83. The van der Waals surface area contributed by atoms with E-state index >= 15 is 0 Å². The molecule has 4 nitrogen and oxygen atoms in total. The third kappa shape index (κ3) is 3.16. The second-order valence-corrected chi connectivity index (χ2v) is 6.82. The first-order valence-corrected chi connectivity index (χ1v) is 8.84. The van der Waals surface area contributed by atoms with Crippen molar-refractivity contribution in [1.29, 1.82) is 5.26 Å². The van der Waals surface area contributed by atoms with E-state index in [1.54, 1.807) is 0 Å². The molecule has 1 saturated carbocycles. The molecule has 1 aromatic heterocycles. The monoisotopic (exact) mass is 341 g/mol. The first-order chi connectivity index (χ1) is 12.7. The zero-order valence-corrected chi connectivity index (χ0v) is 14.6. The van der Waals surface area contributed by atoms with Gasteiger partial charge in [-0.3, -0.25) is 4.79 Å². The van der Waals surface area contributed by atoms with Crippen LogP contribution in [0.15, 0.2) is 53.3 Å². The SMILES string of the molecule is Cc1nc(C2CC2)c(Cc2ccc(-c3ccccc3C#N)cc2)c(=O)[nH]1. The molecule has 0 radical (unpaired) electrons. The molecule has 1 N–H and O–H groups in total. The van der Waals surface area contributed by atoms with Gasteiger partial charge in [0, 0.05) is 17.9 Å². The molecule has 26 heavy (non-hydrogen) atoms. The summed E-state index contributed by atoms with van der Waals surface area (Å²) >= 11 is 0. The third-order valence-corrected chi connectivity index (χ3v) is 4.82. The average molecular weight is 341 g/mol. The van der Waals surface area contributed by atoms with Crippen molar-refractivity contribution in [2.75, 3.05) is 0 Å². The summed E-state index contributed by atoms with van der Waals surface area (Å²) in [6.07, 6.45) is 2.81. The molecule has 3 aromatic rings. The lowest BCUT2D eigenvalue weighted by atomic mass is 9.97. The van der Waals surface area contributed by atoms with Gasteiger partial charge < -0.3 is 4.98 Å². The fourth-order valence-corrected chi connectivity index (χ4v) is 3.34. The topological polar surface area (TPSA) is 69.5 Å². The smallest absolute Gasteiger partial charge is 0.254 e. The third-order valence-electron chi connectivity index (χ3n) is 4.82. The van der Waals surface area contributed by atoms with Crippen LogP contribution in [0.4, 0.5) is 0 Å². The van der Waals surface area contributed by atoms with Crippen LogP contribution in [0.1, 0.15) is 47.0 Å². The van der Waals surface area contributed by atoms with Crippen LogP contribution in [0.3, 0.4) is 0 Å². The molecular formula is C22H19N3O. The Morgan fingerprint density at radius 2 is 1.88 bits per heavy atom. The number of hydrogen-bond donors (Lipinski definition) is 1. The summed E-state index contributed by atoms with van der Waals surface area (Å²) in [5, 5.41) is 9.28. The molecule has 0 amide bonds. The van der Waals surface area contributed by atoms with Crippen LogP contribution in [0.5, 0.6) is 0 Å². The van der Waals surface area contributed by atoms with E-state index in [1.165, 1.54) is 0 Å². The van der Waals surface area contributed by atoms with Gasteiger partial charge in [0.2, 0.25) is 0 Å². The Balaban J connectivity index is 1.65. The van der Waals surface area contributed by atoms with E-state index in [1.807, 2.05) is 55.5 Å². The molecule has 0 bridgehead atoms. The zero-order chi connectivity index (χ0) is 18.1. The Kier molecular flexibility index (Phi) is 4.14. The normalized spacial score (nSPS) is 13.4. The maximum atomic E-state index is 12.4. The highest BCUT2D eigenvalue weighted by atomic mass is 16.1. The maximum absolute atomic E-state index is 12.4. The molecular weight excluding hydrogens is 322 g/mol. The van der Waals surface area contributed by atoms with Gasteiger partial charge in [0.25, 0.3) is 5.56 Å². The molecule has 4 heteroatoms. The second kappa shape index (κ2) is 6.61. The number of rotatable bonds is 4. The van der Waals surface area contributed by atoms with E-state index < -0.39 is 0 Å². The van der Waals surface area contributed by atoms with Gasteiger partial charge in [-0.1, -0.05) is 42.5 Å². The molecule has 128 valence electrons. The van der Waals surface area contributed by atoms with E-state index in [-0.39, 0.29) is 5.56 Å². The Morgan fingerprint density at radius 3 is 2.58 bits per heavy atom.